The second kappa shape index (κ2) is 7.31. The van der Waals surface area contributed by atoms with Crippen molar-refractivity contribution in [3.63, 3.8) is 0 Å². The number of nitrogens with zero attached hydrogens (tertiary/aromatic N) is 3. The number of aryl methyl sites for hydroxylation is 2. The van der Waals surface area contributed by atoms with Crippen LogP contribution in [0.25, 0.3) is 10.1 Å². The summed E-state index contributed by atoms with van der Waals surface area (Å²) in [5.41, 5.74) is 2.38. The van der Waals surface area contributed by atoms with Gasteiger partial charge in [-0.3, -0.25) is 9.80 Å². The summed E-state index contributed by atoms with van der Waals surface area (Å²) in [6.07, 6.45) is 0.222. The third-order valence-electron chi connectivity index (χ3n) is 4.06. The van der Waals surface area contributed by atoms with Gasteiger partial charge in [0.05, 0.1) is 0 Å². The van der Waals surface area contributed by atoms with Crippen LogP contribution in [0.3, 0.4) is 0 Å². The Bertz CT molecular complexity index is 707. The number of benzene rings is 1. The molecule has 0 spiro atoms. The first-order chi connectivity index (χ1) is 10.9. The average Bonchev–Trinajstić information content (AvgIpc) is 2.96. The first kappa shape index (κ1) is 17.7. The maximum Gasteiger partial charge on any atom is 0.212 e. The van der Waals surface area contributed by atoms with E-state index >= 15 is 0 Å². The second-order valence-corrected chi connectivity index (χ2v) is 7.11. The van der Waals surface area contributed by atoms with E-state index in [9.17, 15) is 5.26 Å². The lowest BCUT2D eigenvalue weighted by atomic mass is 10.0. The first-order valence-corrected chi connectivity index (χ1v) is 8.67. The molecule has 0 aliphatic rings. The molecule has 4 nitrogen and oxygen atoms in total. The average molecular weight is 331 g/mol. The molecule has 1 unspecified atom stereocenters. The Labute approximate surface area is 142 Å². The van der Waals surface area contributed by atoms with Gasteiger partial charge >= 0.3 is 0 Å². The molecule has 0 fully saturated rings. The van der Waals surface area contributed by atoms with Gasteiger partial charge < -0.3 is 4.74 Å². The molecule has 2 aromatic rings. The van der Waals surface area contributed by atoms with E-state index in [2.05, 4.69) is 37.4 Å². The maximum absolute atomic E-state index is 9.64. The molecule has 5 heteroatoms. The standard InChI is InChI=1S/C18H25N3OS/c1-7-13-14-8-9-23-17(14)12(2)10-15(13)22-16(11-19)18(20(3)4)21(5)6/h8-10,16,18H,7H2,1-6H3. The van der Waals surface area contributed by atoms with E-state index in [1.165, 1.54) is 21.2 Å². The minimum Gasteiger partial charge on any atom is -0.472 e. The predicted octanol–water partition coefficient (Wildman–Crippen LogP) is 3.49. The van der Waals surface area contributed by atoms with E-state index in [4.69, 9.17) is 4.74 Å². The van der Waals surface area contributed by atoms with Crippen molar-refractivity contribution in [3.05, 3.63) is 28.6 Å². The van der Waals surface area contributed by atoms with E-state index in [0.717, 1.165) is 12.2 Å². The van der Waals surface area contributed by atoms with Crippen LogP contribution >= 0.6 is 11.3 Å². The minimum absolute atomic E-state index is 0.108. The monoisotopic (exact) mass is 331 g/mol. The van der Waals surface area contributed by atoms with Gasteiger partial charge in [0.25, 0.3) is 0 Å². The lowest BCUT2D eigenvalue weighted by Gasteiger charge is -2.34. The molecule has 0 bridgehead atoms. The Hall–Kier alpha value is -1.61. The van der Waals surface area contributed by atoms with Crippen molar-refractivity contribution in [1.82, 2.24) is 9.80 Å². The molecule has 2 rings (SSSR count). The summed E-state index contributed by atoms with van der Waals surface area (Å²) in [6, 6.07) is 6.55. The molecule has 1 atom stereocenters. The van der Waals surface area contributed by atoms with Crippen LogP contribution in [0.1, 0.15) is 18.1 Å². The van der Waals surface area contributed by atoms with Crippen LogP contribution in [0.5, 0.6) is 5.75 Å². The summed E-state index contributed by atoms with van der Waals surface area (Å²) in [6.45, 7) is 4.23. The molecule has 0 amide bonds. The van der Waals surface area contributed by atoms with Crippen LogP contribution in [-0.4, -0.2) is 50.3 Å². The number of rotatable bonds is 6. The third-order valence-corrected chi connectivity index (χ3v) is 5.11. The van der Waals surface area contributed by atoms with Gasteiger partial charge in [0, 0.05) is 10.3 Å². The van der Waals surface area contributed by atoms with Crippen molar-refractivity contribution >= 4 is 21.4 Å². The molecule has 0 radical (unpaired) electrons. The summed E-state index contributed by atoms with van der Waals surface area (Å²) >= 11 is 1.76. The third kappa shape index (κ3) is 3.50. The highest BCUT2D eigenvalue weighted by Gasteiger charge is 2.28. The topological polar surface area (TPSA) is 39.5 Å². The molecule has 0 N–H and O–H groups in total. The van der Waals surface area contributed by atoms with Crippen LogP contribution in [0.2, 0.25) is 0 Å². The largest absolute Gasteiger partial charge is 0.472 e. The predicted molar refractivity (Wildman–Crippen MR) is 97.1 cm³/mol. The lowest BCUT2D eigenvalue weighted by Crippen LogP contribution is -2.50. The number of ether oxygens (including phenoxy) is 1. The van der Waals surface area contributed by atoms with E-state index in [1.54, 1.807) is 11.3 Å². The van der Waals surface area contributed by atoms with Crippen LogP contribution in [-0.2, 0) is 6.42 Å². The van der Waals surface area contributed by atoms with Gasteiger partial charge in [-0.1, -0.05) is 6.92 Å². The summed E-state index contributed by atoms with van der Waals surface area (Å²) in [5.74, 6) is 0.830. The summed E-state index contributed by atoms with van der Waals surface area (Å²) in [7, 11) is 7.86. The summed E-state index contributed by atoms with van der Waals surface area (Å²) in [5, 5.41) is 13.0. The fourth-order valence-corrected chi connectivity index (χ4v) is 4.00. The lowest BCUT2D eigenvalue weighted by molar-refractivity contribution is 0.0404. The molecular weight excluding hydrogens is 306 g/mol. The molecule has 0 saturated carbocycles. The van der Waals surface area contributed by atoms with Gasteiger partial charge in [-0.05, 0) is 70.0 Å². The highest BCUT2D eigenvalue weighted by atomic mass is 32.1. The zero-order valence-electron chi connectivity index (χ0n) is 14.8. The fourth-order valence-electron chi connectivity index (χ4n) is 3.10. The highest BCUT2D eigenvalue weighted by Crippen LogP contribution is 2.35. The van der Waals surface area contributed by atoms with Gasteiger partial charge in [-0.2, -0.15) is 5.26 Å². The molecular formula is C18H25N3OS. The number of fused-ring (bicyclic) bond motifs is 1. The Morgan fingerprint density at radius 2 is 1.91 bits per heavy atom. The maximum atomic E-state index is 9.64. The Morgan fingerprint density at radius 3 is 2.43 bits per heavy atom. The van der Waals surface area contributed by atoms with Crippen LogP contribution in [0.15, 0.2) is 17.5 Å². The van der Waals surface area contributed by atoms with Crippen LogP contribution in [0.4, 0.5) is 0 Å². The van der Waals surface area contributed by atoms with E-state index in [-0.39, 0.29) is 6.17 Å². The summed E-state index contributed by atoms with van der Waals surface area (Å²) in [4.78, 5) is 4.02. The zero-order valence-corrected chi connectivity index (χ0v) is 15.6. The van der Waals surface area contributed by atoms with Gasteiger partial charge in [0.15, 0.2) is 0 Å². The first-order valence-electron chi connectivity index (χ1n) is 7.79. The highest BCUT2D eigenvalue weighted by molar-refractivity contribution is 7.17. The van der Waals surface area contributed by atoms with E-state index < -0.39 is 6.10 Å². The second-order valence-electron chi connectivity index (χ2n) is 6.20. The van der Waals surface area contributed by atoms with Crippen molar-refractivity contribution in [2.24, 2.45) is 0 Å². The van der Waals surface area contributed by atoms with Crippen molar-refractivity contribution in [3.8, 4) is 11.8 Å². The minimum atomic E-state index is -0.555. The molecule has 23 heavy (non-hydrogen) atoms. The molecule has 1 aromatic heterocycles. The smallest absolute Gasteiger partial charge is 0.212 e. The molecule has 1 heterocycles. The molecule has 124 valence electrons. The van der Waals surface area contributed by atoms with Crippen LogP contribution in [0, 0.1) is 18.3 Å². The normalized spacial score (nSPS) is 13.0. The number of hydrogen-bond acceptors (Lipinski definition) is 5. The molecule has 0 saturated heterocycles. The van der Waals surface area contributed by atoms with Gasteiger partial charge in [-0.15, -0.1) is 11.3 Å². The number of hydrogen-bond donors (Lipinski definition) is 0. The Morgan fingerprint density at radius 1 is 1.26 bits per heavy atom. The fraction of sp³-hybridized carbons (Fsp3) is 0.500. The van der Waals surface area contributed by atoms with Crippen molar-refractivity contribution in [2.45, 2.75) is 32.5 Å². The molecule has 0 aliphatic heterocycles. The van der Waals surface area contributed by atoms with Gasteiger partial charge in [-0.25, -0.2) is 0 Å². The van der Waals surface area contributed by atoms with Crippen molar-refractivity contribution in [2.75, 3.05) is 28.2 Å². The molecule has 1 aromatic carbocycles. The van der Waals surface area contributed by atoms with Gasteiger partial charge in [0.2, 0.25) is 6.10 Å². The quantitative estimate of drug-likeness (QED) is 0.760. The van der Waals surface area contributed by atoms with Gasteiger partial charge in [0.1, 0.15) is 18.0 Å². The molecule has 0 aliphatic carbocycles. The number of nitriles is 1. The zero-order chi connectivity index (χ0) is 17.1. The Balaban J connectivity index is 2.45. The van der Waals surface area contributed by atoms with E-state index in [1.807, 2.05) is 38.0 Å². The summed E-state index contributed by atoms with van der Waals surface area (Å²) < 4.78 is 7.49. The van der Waals surface area contributed by atoms with Crippen LogP contribution < -0.4 is 4.74 Å². The van der Waals surface area contributed by atoms with E-state index in [0.29, 0.717) is 0 Å². The Kier molecular flexibility index (Phi) is 5.64. The number of likely N-dealkylation sites (N-methyl/N-ethyl adjacent to an activating group) is 2. The van der Waals surface area contributed by atoms with Crippen molar-refractivity contribution < 1.29 is 4.74 Å². The SMILES string of the molecule is CCc1c(OC(C#N)C(N(C)C)N(C)C)cc(C)c2sccc12. The number of thiophene rings is 1. The van der Waals surface area contributed by atoms with Crippen molar-refractivity contribution in [1.29, 1.82) is 5.26 Å².